The summed E-state index contributed by atoms with van der Waals surface area (Å²) in [4.78, 5) is 28.5. The van der Waals surface area contributed by atoms with Crippen molar-refractivity contribution in [3.8, 4) is 11.5 Å². The van der Waals surface area contributed by atoms with Gasteiger partial charge in [0.25, 0.3) is 0 Å². The summed E-state index contributed by atoms with van der Waals surface area (Å²) >= 11 is 0. The molecule has 0 aromatic heterocycles. The fourth-order valence-corrected chi connectivity index (χ4v) is 5.22. The number of carbonyl (C=O) groups excluding carboxylic acids is 1. The number of aliphatic hydroxyl groups is 3. The summed E-state index contributed by atoms with van der Waals surface area (Å²) in [6.45, 7) is 6.93. The minimum absolute atomic E-state index is 0.0122. The van der Waals surface area contributed by atoms with E-state index < -0.39 is 42.8 Å². The van der Waals surface area contributed by atoms with E-state index in [1.54, 1.807) is 24.3 Å². The minimum atomic E-state index is -1.82. The molecule has 4 rings (SSSR count). The molecule has 6 atom stereocenters. The lowest BCUT2D eigenvalue weighted by Gasteiger charge is -2.41. The summed E-state index contributed by atoms with van der Waals surface area (Å²) in [5.74, 6) is -0.615. The second-order valence-corrected chi connectivity index (χ2v) is 10.8. The SMILES string of the molecule is COc1ccccc1OC[C@H](CN1CCN(CC(=O)Nc2c(C)cccc2C)CC1)O[C@@H]1O[C@H](C(=O)O)[C@@H](O)[C@H](O)[C@H]1O. The number of anilines is 1. The minimum Gasteiger partial charge on any atom is -0.493 e. The highest BCUT2D eigenvalue weighted by atomic mass is 16.7. The molecular formula is C30H41N3O10. The molecule has 2 aliphatic heterocycles. The van der Waals surface area contributed by atoms with Crippen molar-refractivity contribution in [3.05, 3.63) is 53.6 Å². The molecule has 2 heterocycles. The molecule has 0 bridgehead atoms. The van der Waals surface area contributed by atoms with Crippen molar-refractivity contribution >= 4 is 17.6 Å². The summed E-state index contributed by atoms with van der Waals surface area (Å²) < 4.78 is 22.7. The number of carboxylic acids is 1. The van der Waals surface area contributed by atoms with E-state index in [4.69, 9.17) is 18.9 Å². The highest BCUT2D eigenvalue weighted by molar-refractivity contribution is 5.93. The number of hydrogen-bond donors (Lipinski definition) is 5. The molecule has 2 saturated heterocycles. The van der Waals surface area contributed by atoms with Crippen LogP contribution in [0.4, 0.5) is 5.69 Å². The van der Waals surface area contributed by atoms with Gasteiger partial charge in [-0.15, -0.1) is 0 Å². The second-order valence-electron chi connectivity index (χ2n) is 10.8. The Morgan fingerprint density at radius 3 is 2.19 bits per heavy atom. The lowest BCUT2D eigenvalue weighted by Crippen LogP contribution is -2.61. The number of aryl methyl sites for hydroxylation is 2. The van der Waals surface area contributed by atoms with Crippen LogP contribution < -0.4 is 14.8 Å². The van der Waals surface area contributed by atoms with Crippen LogP contribution in [0.3, 0.4) is 0 Å². The number of carboxylic acid groups (broad SMARTS) is 1. The first kappa shape index (κ1) is 32.6. The van der Waals surface area contributed by atoms with Gasteiger partial charge in [-0.1, -0.05) is 30.3 Å². The fourth-order valence-electron chi connectivity index (χ4n) is 5.22. The first-order valence-corrected chi connectivity index (χ1v) is 14.2. The van der Waals surface area contributed by atoms with Gasteiger partial charge >= 0.3 is 5.97 Å². The molecule has 43 heavy (non-hydrogen) atoms. The molecule has 13 nitrogen and oxygen atoms in total. The smallest absolute Gasteiger partial charge is 0.335 e. The molecule has 2 aromatic carbocycles. The number of nitrogens with zero attached hydrogens (tertiary/aromatic N) is 2. The predicted octanol–water partition coefficient (Wildman–Crippen LogP) is 0.225. The van der Waals surface area contributed by atoms with Crippen LogP contribution in [0.1, 0.15) is 11.1 Å². The summed E-state index contributed by atoms with van der Waals surface area (Å²) in [6, 6.07) is 12.9. The van der Waals surface area contributed by atoms with E-state index in [1.807, 2.05) is 32.0 Å². The Labute approximate surface area is 250 Å². The van der Waals surface area contributed by atoms with Crippen LogP contribution in [0, 0.1) is 13.8 Å². The number of hydrogen-bond acceptors (Lipinski definition) is 11. The van der Waals surface area contributed by atoms with Gasteiger partial charge in [-0.05, 0) is 37.1 Å². The maximum Gasteiger partial charge on any atom is 0.335 e. The van der Waals surface area contributed by atoms with Crippen molar-refractivity contribution in [2.45, 2.75) is 50.7 Å². The topological polar surface area (TPSA) is 170 Å². The van der Waals surface area contributed by atoms with Gasteiger partial charge in [-0.25, -0.2) is 4.79 Å². The van der Waals surface area contributed by atoms with Gasteiger partial charge in [0.2, 0.25) is 5.91 Å². The fraction of sp³-hybridized carbons (Fsp3) is 0.533. The number of ether oxygens (including phenoxy) is 4. The third-order valence-corrected chi connectivity index (χ3v) is 7.67. The van der Waals surface area contributed by atoms with Crippen molar-refractivity contribution in [3.63, 3.8) is 0 Å². The second kappa shape index (κ2) is 14.9. The highest BCUT2D eigenvalue weighted by Crippen LogP contribution is 2.28. The monoisotopic (exact) mass is 603 g/mol. The van der Waals surface area contributed by atoms with Crippen LogP contribution in [-0.2, 0) is 19.1 Å². The molecule has 2 fully saturated rings. The average Bonchev–Trinajstić information content (AvgIpc) is 2.99. The van der Waals surface area contributed by atoms with Crippen molar-refractivity contribution in [2.75, 3.05) is 58.3 Å². The number of piperazine rings is 1. The van der Waals surface area contributed by atoms with E-state index in [0.717, 1.165) is 16.8 Å². The van der Waals surface area contributed by atoms with E-state index in [2.05, 4.69) is 15.1 Å². The third kappa shape index (κ3) is 8.42. The zero-order chi connectivity index (χ0) is 31.1. The quantitative estimate of drug-likeness (QED) is 0.224. The molecule has 0 saturated carbocycles. The van der Waals surface area contributed by atoms with Gasteiger partial charge in [-0.2, -0.15) is 0 Å². The van der Waals surface area contributed by atoms with Crippen molar-refractivity contribution < 1.29 is 49.0 Å². The van der Waals surface area contributed by atoms with Gasteiger partial charge in [0.05, 0.1) is 13.7 Å². The molecule has 5 N–H and O–H groups in total. The number of methoxy groups -OCH3 is 1. The van der Waals surface area contributed by atoms with Crippen LogP contribution in [0.15, 0.2) is 42.5 Å². The number of benzene rings is 2. The molecule has 0 aliphatic carbocycles. The maximum absolute atomic E-state index is 12.8. The Kier molecular flexibility index (Phi) is 11.3. The van der Waals surface area contributed by atoms with Gasteiger partial charge in [0, 0.05) is 38.4 Å². The van der Waals surface area contributed by atoms with Crippen LogP contribution in [-0.4, -0.2) is 132 Å². The molecule has 2 aromatic rings. The first-order valence-electron chi connectivity index (χ1n) is 14.2. The third-order valence-electron chi connectivity index (χ3n) is 7.67. The zero-order valence-corrected chi connectivity index (χ0v) is 24.6. The predicted molar refractivity (Wildman–Crippen MR) is 155 cm³/mol. The van der Waals surface area contributed by atoms with Crippen molar-refractivity contribution in [1.29, 1.82) is 0 Å². The van der Waals surface area contributed by atoms with E-state index in [-0.39, 0.29) is 19.1 Å². The molecule has 0 unspecified atom stereocenters. The van der Waals surface area contributed by atoms with Crippen LogP contribution in [0.5, 0.6) is 11.5 Å². The zero-order valence-electron chi connectivity index (χ0n) is 24.6. The van der Waals surface area contributed by atoms with E-state index >= 15 is 0 Å². The van der Waals surface area contributed by atoms with Crippen LogP contribution in [0.25, 0.3) is 0 Å². The Balaban J connectivity index is 1.37. The highest BCUT2D eigenvalue weighted by Gasteiger charge is 2.48. The van der Waals surface area contributed by atoms with Crippen LogP contribution in [0.2, 0.25) is 0 Å². The normalized spacial score (nSPS) is 25.6. The first-order chi connectivity index (χ1) is 20.6. The lowest BCUT2D eigenvalue weighted by atomic mass is 9.99. The molecule has 13 heteroatoms. The summed E-state index contributed by atoms with van der Waals surface area (Å²) in [6.07, 6.45) is -9.34. The van der Waals surface area contributed by atoms with Crippen molar-refractivity contribution in [1.82, 2.24) is 9.80 Å². The van der Waals surface area contributed by atoms with Crippen molar-refractivity contribution in [2.24, 2.45) is 0 Å². The van der Waals surface area contributed by atoms with Gasteiger partial charge in [0.15, 0.2) is 23.9 Å². The largest absolute Gasteiger partial charge is 0.493 e. The van der Waals surface area contributed by atoms with E-state index in [9.17, 15) is 30.0 Å². The molecule has 2 aliphatic rings. The maximum atomic E-state index is 12.8. The number of aliphatic hydroxyl groups excluding tert-OH is 3. The number of aliphatic carboxylic acids is 1. The van der Waals surface area contributed by atoms with E-state index in [1.165, 1.54) is 7.11 Å². The Bertz CT molecular complexity index is 1220. The lowest BCUT2D eigenvalue weighted by molar-refractivity contribution is -0.306. The number of nitrogens with one attached hydrogen (secondary N) is 1. The summed E-state index contributed by atoms with van der Waals surface area (Å²) in [5.41, 5.74) is 2.84. The Hall–Kier alpha value is -3.30. The Morgan fingerprint density at radius 1 is 0.930 bits per heavy atom. The Morgan fingerprint density at radius 2 is 1.56 bits per heavy atom. The number of para-hydroxylation sites is 3. The van der Waals surface area contributed by atoms with Gasteiger partial charge < -0.3 is 44.7 Å². The molecule has 1 amide bonds. The van der Waals surface area contributed by atoms with Crippen LogP contribution >= 0.6 is 0 Å². The standard InChI is InChI=1S/C30H41N3O10/c1-18-7-6-8-19(2)24(18)31-23(34)16-33-13-11-32(12-14-33)15-20(17-41-22-10-5-4-9-21(22)40-3)42-30-27(37)25(35)26(36)28(43-30)29(38)39/h4-10,20,25-28,30,35-37H,11-17H2,1-3H3,(H,31,34)(H,38,39)/t20-,25-,26-,27+,28-,30+/m0/s1. The molecule has 0 radical (unpaired) electrons. The molecule has 236 valence electrons. The number of carbonyl (C=O) groups is 2. The van der Waals surface area contributed by atoms with E-state index in [0.29, 0.717) is 44.2 Å². The molecule has 0 spiro atoms. The number of rotatable bonds is 12. The van der Waals surface area contributed by atoms with Gasteiger partial charge in [0.1, 0.15) is 31.0 Å². The molecular weight excluding hydrogens is 562 g/mol. The average molecular weight is 604 g/mol. The summed E-state index contributed by atoms with van der Waals surface area (Å²) in [5, 5.41) is 43.3. The van der Waals surface area contributed by atoms with Gasteiger partial charge in [-0.3, -0.25) is 14.6 Å². The number of amides is 1. The summed E-state index contributed by atoms with van der Waals surface area (Å²) in [7, 11) is 1.52.